The van der Waals surface area contributed by atoms with Crippen LogP contribution in [0, 0.1) is 26.7 Å². The van der Waals surface area contributed by atoms with Gasteiger partial charge in [-0.05, 0) is 56.4 Å². The Hall–Kier alpha value is -2.56. The number of benzene rings is 1. The van der Waals surface area contributed by atoms with Crippen molar-refractivity contribution in [3.63, 3.8) is 0 Å². The Bertz CT molecular complexity index is 784. The van der Waals surface area contributed by atoms with Gasteiger partial charge in [0.15, 0.2) is 0 Å². The second-order valence-electron chi connectivity index (χ2n) is 6.98. The number of anilines is 1. The van der Waals surface area contributed by atoms with E-state index >= 15 is 0 Å². The SMILES string of the molecule is Cc1cc(C)c(NCC(=O)N/N=C\c2ccc([C@@H]3C[C@H]3C)o2)c(C)c1. The number of rotatable bonds is 6. The van der Waals surface area contributed by atoms with E-state index in [1.54, 1.807) is 0 Å². The second-order valence-corrected chi connectivity index (χ2v) is 6.98. The van der Waals surface area contributed by atoms with Gasteiger partial charge in [-0.1, -0.05) is 24.6 Å². The van der Waals surface area contributed by atoms with Gasteiger partial charge >= 0.3 is 0 Å². The molecular weight excluding hydrogens is 314 g/mol. The molecule has 0 aliphatic heterocycles. The van der Waals surface area contributed by atoms with Crippen LogP contribution in [0.3, 0.4) is 0 Å². The van der Waals surface area contributed by atoms with Gasteiger partial charge in [-0.15, -0.1) is 0 Å². The van der Waals surface area contributed by atoms with Crippen LogP contribution >= 0.6 is 0 Å². The quantitative estimate of drug-likeness (QED) is 0.620. The molecule has 3 rings (SSSR count). The Morgan fingerprint density at radius 1 is 1.28 bits per heavy atom. The molecule has 132 valence electrons. The third kappa shape index (κ3) is 4.29. The summed E-state index contributed by atoms with van der Waals surface area (Å²) in [5.41, 5.74) is 7.00. The molecule has 1 amide bonds. The summed E-state index contributed by atoms with van der Waals surface area (Å²) in [6.45, 7) is 8.52. The fourth-order valence-electron chi connectivity index (χ4n) is 3.19. The van der Waals surface area contributed by atoms with Crippen LogP contribution in [0.2, 0.25) is 0 Å². The van der Waals surface area contributed by atoms with E-state index in [1.807, 2.05) is 26.0 Å². The van der Waals surface area contributed by atoms with Crippen molar-refractivity contribution in [3.8, 4) is 0 Å². The highest BCUT2D eigenvalue weighted by molar-refractivity contribution is 5.83. The Balaban J connectivity index is 1.49. The summed E-state index contributed by atoms with van der Waals surface area (Å²) in [7, 11) is 0. The molecule has 1 heterocycles. The highest BCUT2D eigenvalue weighted by Gasteiger charge is 2.36. The van der Waals surface area contributed by atoms with E-state index < -0.39 is 0 Å². The first kappa shape index (κ1) is 17.3. The third-order valence-electron chi connectivity index (χ3n) is 4.61. The van der Waals surface area contributed by atoms with Gasteiger partial charge < -0.3 is 9.73 Å². The van der Waals surface area contributed by atoms with E-state index in [0.29, 0.717) is 17.6 Å². The van der Waals surface area contributed by atoms with Crippen LogP contribution in [0.4, 0.5) is 5.69 Å². The van der Waals surface area contributed by atoms with Crippen LogP contribution < -0.4 is 10.7 Å². The minimum atomic E-state index is -0.196. The summed E-state index contributed by atoms with van der Waals surface area (Å²) in [5.74, 6) is 2.72. The molecule has 0 unspecified atom stereocenters. The lowest BCUT2D eigenvalue weighted by molar-refractivity contribution is -0.119. The van der Waals surface area contributed by atoms with Crippen LogP contribution in [0.5, 0.6) is 0 Å². The fourth-order valence-corrected chi connectivity index (χ4v) is 3.19. The van der Waals surface area contributed by atoms with Gasteiger partial charge in [-0.2, -0.15) is 5.10 Å². The van der Waals surface area contributed by atoms with Crippen molar-refractivity contribution in [2.75, 3.05) is 11.9 Å². The molecular formula is C20H25N3O2. The highest BCUT2D eigenvalue weighted by atomic mass is 16.3. The monoisotopic (exact) mass is 339 g/mol. The number of hydrogen-bond acceptors (Lipinski definition) is 4. The topological polar surface area (TPSA) is 66.6 Å². The normalized spacial score (nSPS) is 19.2. The van der Waals surface area contributed by atoms with E-state index in [0.717, 1.165) is 22.6 Å². The van der Waals surface area contributed by atoms with Crippen molar-refractivity contribution in [2.24, 2.45) is 11.0 Å². The molecule has 1 aromatic heterocycles. The van der Waals surface area contributed by atoms with Gasteiger partial charge in [0.25, 0.3) is 5.91 Å². The summed E-state index contributed by atoms with van der Waals surface area (Å²) < 4.78 is 5.72. The predicted molar refractivity (Wildman–Crippen MR) is 100 cm³/mol. The molecule has 1 fully saturated rings. The minimum Gasteiger partial charge on any atom is -0.460 e. The lowest BCUT2D eigenvalue weighted by atomic mass is 10.1. The van der Waals surface area contributed by atoms with Gasteiger partial charge in [0.1, 0.15) is 11.5 Å². The molecule has 25 heavy (non-hydrogen) atoms. The molecule has 0 bridgehead atoms. The molecule has 0 spiro atoms. The number of carbonyl (C=O) groups is 1. The fraction of sp³-hybridized carbons (Fsp3) is 0.400. The van der Waals surface area contributed by atoms with Crippen LogP contribution in [0.1, 0.15) is 47.5 Å². The van der Waals surface area contributed by atoms with Crippen molar-refractivity contribution in [1.29, 1.82) is 0 Å². The Kier molecular flexibility index (Phi) is 4.93. The third-order valence-corrected chi connectivity index (χ3v) is 4.61. The van der Waals surface area contributed by atoms with Gasteiger partial charge in [0.2, 0.25) is 0 Å². The summed E-state index contributed by atoms with van der Waals surface area (Å²) in [6.07, 6.45) is 2.72. The first-order valence-corrected chi connectivity index (χ1v) is 8.67. The number of carbonyl (C=O) groups excluding carboxylic acids is 1. The molecule has 1 aliphatic rings. The molecule has 1 aromatic carbocycles. The number of nitrogens with one attached hydrogen (secondary N) is 2. The number of hydrogen-bond donors (Lipinski definition) is 2. The second kappa shape index (κ2) is 7.13. The van der Waals surface area contributed by atoms with Crippen LogP contribution in [-0.4, -0.2) is 18.7 Å². The standard InChI is InChI=1S/C20H25N3O2/c1-12-7-14(3)20(15(4)8-12)21-11-19(24)23-22-10-16-5-6-18(25-16)17-9-13(17)2/h5-8,10,13,17,21H,9,11H2,1-4H3,(H,23,24)/b22-10-/t13-,17-/m1/s1. The average molecular weight is 339 g/mol. The van der Waals surface area contributed by atoms with Crippen LogP contribution in [-0.2, 0) is 4.79 Å². The maximum absolute atomic E-state index is 11.9. The predicted octanol–water partition coefficient (Wildman–Crippen LogP) is 3.89. The Morgan fingerprint density at radius 3 is 2.60 bits per heavy atom. The van der Waals surface area contributed by atoms with Crippen molar-refractivity contribution in [1.82, 2.24) is 5.43 Å². The van der Waals surface area contributed by atoms with Gasteiger partial charge in [0.05, 0.1) is 12.8 Å². The average Bonchev–Trinajstić information content (AvgIpc) is 3.07. The Morgan fingerprint density at radius 2 is 1.96 bits per heavy atom. The van der Waals surface area contributed by atoms with E-state index in [2.05, 4.69) is 41.8 Å². The highest BCUT2D eigenvalue weighted by Crippen LogP contribution is 2.47. The lowest BCUT2D eigenvalue weighted by Gasteiger charge is -2.13. The first-order chi connectivity index (χ1) is 11.9. The van der Waals surface area contributed by atoms with Gasteiger partial charge in [-0.25, -0.2) is 5.43 Å². The summed E-state index contributed by atoms with van der Waals surface area (Å²) >= 11 is 0. The number of aryl methyl sites for hydroxylation is 3. The summed E-state index contributed by atoms with van der Waals surface area (Å²) in [5, 5.41) is 7.15. The first-order valence-electron chi connectivity index (χ1n) is 8.67. The van der Waals surface area contributed by atoms with Crippen molar-refractivity contribution in [3.05, 3.63) is 52.5 Å². The zero-order valence-electron chi connectivity index (χ0n) is 15.2. The molecule has 5 heteroatoms. The molecule has 0 radical (unpaired) electrons. The van der Waals surface area contributed by atoms with E-state index in [9.17, 15) is 4.79 Å². The van der Waals surface area contributed by atoms with Crippen LogP contribution in [0.25, 0.3) is 0 Å². The van der Waals surface area contributed by atoms with E-state index in [4.69, 9.17) is 4.42 Å². The van der Waals surface area contributed by atoms with Gasteiger partial charge in [0, 0.05) is 11.6 Å². The molecule has 2 N–H and O–H groups in total. The maximum atomic E-state index is 11.9. The molecule has 2 aromatic rings. The number of hydrazone groups is 1. The number of furan rings is 1. The molecule has 1 saturated carbocycles. The molecule has 1 aliphatic carbocycles. The molecule has 2 atom stereocenters. The van der Waals surface area contributed by atoms with Crippen molar-refractivity contribution in [2.45, 2.75) is 40.0 Å². The van der Waals surface area contributed by atoms with Crippen molar-refractivity contribution < 1.29 is 9.21 Å². The van der Waals surface area contributed by atoms with Crippen LogP contribution in [0.15, 0.2) is 33.8 Å². The van der Waals surface area contributed by atoms with Crippen molar-refractivity contribution >= 4 is 17.8 Å². The largest absolute Gasteiger partial charge is 0.460 e. The summed E-state index contributed by atoms with van der Waals surface area (Å²) in [4.78, 5) is 11.9. The van der Waals surface area contributed by atoms with E-state index in [-0.39, 0.29) is 12.5 Å². The minimum absolute atomic E-state index is 0.172. The zero-order chi connectivity index (χ0) is 18.0. The van der Waals surface area contributed by atoms with E-state index in [1.165, 1.54) is 18.2 Å². The summed E-state index contributed by atoms with van der Waals surface area (Å²) in [6, 6.07) is 8.07. The maximum Gasteiger partial charge on any atom is 0.259 e. The molecule has 5 nitrogen and oxygen atoms in total. The molecule has 0 saturated heterocycles. The Labute approximate surface area is 148 Å². The zero-order valence-corrected chi connectivity index (χ0v) is 15.2. The lowest BCUT2D eigenvalue weighted by Crippen LogP contribution is -2.26. The number of nitrogens with zero attached hydrogens (tertiary/aromatic N) is 1. The van der Waals surface area contributed by atoms with Gasteiger partial charge in [-0.3, -0.25) is 4.79 Å². The smallest absolute Gasteiger partial charge is 0.259 e. The number of amides is 1.